The molecule has 2 aromatic heterocycles. The number of carbonyl (C=O) groups is 2. The van der Waals surface area contributed by atoms with Crippen LogP contribution in [-0.2, 0) is 11.2 Å². The average molecular weight is 511 g/mol. The second-order valence-electron chi connectivity index (χ2n) is 10.4. The number of hydrogen-bond donors (Lipinski definition) is 2. The Bertz CT molecular complexity index is 1430. The topological polar surface area (TPSA) is 107 Å². The maximum atomic E-state index is 13.0. The first-order valence-corrected chi connectivity index (χ1v) is 13.1. The van der Waals surface area contributed by atoms with Crippen LogP contribution in [0.1, 0.15) is 79.3 Å². The molecule has 190 valence electrons. The minimum atomic E-state index is -1.23. The molecule has 2 aliphatic rings. The molecule has 2 heterocycles. The summed E-state index contributed by atoms with van der Waals surface area (Å²) in [6, 6.07) is 3.45. The number of ether oxygens (including phenoxy) is 2. The molecule has 2 aliphatic carbocycles. The summed E-state index contributed by atoms with van der Waals surface area (Å²) < 4.78 is 13.3. The van der Waals surface area contributed by atoms with E-state index in [0.717, 1.165) is 48.8 Å². The number of methoxy groups -OCH3 is 1. The van der Waals surface area contributed by atoms with E-state index in [0.29, 0.717) is 16.7 Å². The highest BCUT2D eigenvalue weighted by molar-refractivity contribution is 7.10. The fourth-order valence-corrected chi connectivity index (χ4v) is 6.18. The van der Waals surface area contributed by atoms with Gasteiger partial charge in [-0.1, -0.05) is 0 Å². The van der Waals surface area contributed by atoms with Gasteiger partial charge in [0, 0.05) is 28.2 Å². The number of hydrogen-bond acceptors (Lipinski definition) is 6. The largest absolute Gasteiger partial charge is 0.494 e. The summed E-state index contributed by atoms with van der Waals surface area (Å²) in [5.41, 5.74) is 2.08. The number of benzene rings is 1. The molecule has 1 fully saturated rings. The number of carbonyl (C=O) groups excluding carboxylic acids is 1. The van der Waals surface area contributed by atoms with Crippen molar-refractivity contribution in [2.24, 2.45) is 0 Å². The van der Waals surface area contributed by atoms with Crippen molar-refractivity contribution in [1.82, 2.24) is 9.88 Å². The van der Waals surface area contributed by atoms with E-state index in [9.17, 15) is 19.5 Å². The summed E-state index contributed by atoms with van der Waals surface area (Å²) in [5.74, 6) is -0.696. The lowest BCUT2D eigenvalue weighted by Gasteiger charge is -2.28. The highest BCUT2D eigenvalue weighted by atomic mass is 32.1. The lowest BCUT2D eigenvalue weighted by atomic mass is 9.88. The predicted octanol–water partition coefficient (Wildman–Crippen LogP) is 5.67. The highest BCUT2D eigenvalue weighted by Gasteiger charge is 2.32. The maximum absolute atomic E-state index is 13.0. The van der Waals surface area contributed by atoms with Crippen molar-refractivity contribution in [3.63, 3.8) is 0 Å². The van der Waals surface area contributed by atoms with Gasteiger partial charge in [-0.2, -0.15) is 0 Å². The number of rotatable bonds is 5. The zero-order valence-electron chi connectivity index (χ0n) is 20.8. The minimum absolute atomic E-state index is 0.133. The van der Waals surface area contributed by atoms with Gasteiger partial charge in [-0.25, -0.2) is 9.59 Å². The van der Waals surface area contributed by atoms with E-state index in [-0.39, 0.29) is 17.6 Å². The normalized spacial score (nSPS) is 17.5. The van der Waals surface area contributed by atoms with Crippen LogP contribution in [0.25, 0.3) is 22.0 Å². The van der Waals surface area contributed by atoms with E-state index in [4.69, 9.17) is 9.47 Å². The van der Waals surface area contributed by atoms with Crippen LogP contribution < -0.4 is 15.5 Å². The monoisotopic (exact) mass is 510 g/mol. The molecule has 1 saturated carbocycles. The molecule has 2 N–H and O–H groups in total. The van der Waals surface area contributed by atoms with Crippen LogP contribution in [0.5, 0.6) is 5.75 Å². The zero-order chi connectivity index (χ0) is 25.8. The molecule has 8 nitrogen and oxygen atoms in total. The van der Waals surface area contributed by atoms with Crippen molar-refractivity contribution in [2.45, 2.75) is 70.6 Å². The van der Waals surface area contributed by atoms with Crippen molar-refractivity contribution < 1.29 is 24.2 Å². The Balaban J connectivity index is 1.66. The number of pyridine rings is 1. The fraction of sp³-hybridized carbons (Fsp3) is 0.444. The number of fused-ring (bicyclic) bond motifs is 2. The van der Waals surface area contributed by atoms with Crippen LogP contribution in [0.4, 0.5) is 4.79 Å². The van der Waals surface area contributed by atoms with Crippen molar-refractivity contribution in [3.05, 3.63) is 49.9 Å². The maximum Gasteiger partial charge on any atom is 0.408 e. The molecule has 0 saturated heterocycles. The van der Waals surface area contributed by atoms with Crippen molar-refractivity contribution in [1.29, 1.82) is 0 Å². The molecule has 0 radical (unpaired) electrons. The summed E-state index contributed by atoms with van der Waals surface area (Å²) in [7, 11) is 1.57. The Morgan fingerprint density at radius 1 is 1.17 bits per heavy atom. The van der Waals surface area contributed by atoms with Gasteiger partial charge < -0.3 is 24.5 Å². The first-order chi connectivity index (χ1) is 17.1. The molecule has 1 atom stereocenters. The molecule has 1 amide bonds. The summed E-state index contributed by atoms with van der Waals surface area (Å²) in [5, 5.41) is 15.1. The van der Waals surface area contributed by atoms with Gasteiger partial charge >= 0.3 is 12.1 Å². The van der Waals surface area contributed by atoms with Crippen molar-refractivity contribution in [2.75, 3.05) is 7.11 Å². The van der Waals surface area contributed by atoms with Crippen LogP contribution in [0.15, 0.2) is 28.5 Å². The third-order valence-electron chi connectivity index (χ3n) is 6.66. The van der Waals surface area contributed by atoms with Gasteiger partial charge in [0.1, 0.15) is 11.2 Å². The Hall–Kier alpha value is -3.33. The van der Waals surface area contributed by atoms with E-state index in [1.807, 2.05) is 31.4 Å². The lowest BCUT2D eigenvalue weighted by molar-refractivity contribution is 0.0498. The average Bonchev–Trinajstić information content (AvgIpc) is 3.55. The molecule has 36 heavy (non-hydrogen) atoms. The van der Waals surface area contributed by atoms with E-state index in [1.165, 1.54) is 11.1 Å². The van der Waals surface area contributed by atoms with Gasteiger partial charge in [0.2, 0.25) is 5.43 Å². The number of thiophene rings is 1. The number of aromatic nitrogens is 1. The van der Waals surface area contributed by atoms with Crippen LogP contribution >= 0.6 is 11.3 Å². The lowest BCUT2D eigenvalue weighted by Crippen LogP contribution is -2.36. The van der Waals surface area contributed by atoms with E-state index < -0.39 is 23.1 Å². The number of aryl methyl sites for hydroxylation is 1. The number of nitrogens with one attached hydrogen (secondary N) is 1. The Morgan fingerprint density at radius 2 is 1.92 bits per heavy atom. The quantitative estimate of drug-likeness (QED) is 0.458. The van der Waals surface area contributed by atoms with Crippen molar-refractivity contribution >= 4 is 34.3 Å². The molecule has 9 heteroatoms. The molecule has 0 aliphatic heterocycles. The van der Waals surface area contributed by atoms with Gasteiger partial charge in [-0.3, -0.25) is 4.79 Å². The van der Waals surface area contributed by atoms with Crippen molar-refractivity contribution in [3.8, 4) is 16.9 Å². The molecule has 0 bridgehead atoms. The Kier molecular flexibility index (Phi) is 6.06. The van der Waals surface area contributed by atoms with E-state index in [1.54, 1.807) is 24.5 Å². The molecule has 1 unspecified atom stereocenters. The van der Waals surface area contributed by atoms with Crippen LogP contribution in [0, 0.1) is 0 Å². The van der Waals surface area contributed by atoms with Gasteiger partial charge in [0.15, 0.2) is 5.75 Å². The van der Waals surface area contributed by atoms with Gasteiger partial charge in [-0.05, 0) is 76.0 Å². The molecule has 3 aromatic rings. The van der Waals surface area contributed by atoms with Gasteiger partial charge in [-0.15, -0.1) is 11.3 Å². The Labute approximate surface area is 212 Å². The smallest absolute Gasteiger partial charge is 0.408 e. The van der Waals surface area contributed by atoms with E-state index >= 15 is 0 Å². The first kappa shape index (κ1) is 24.4. The number of alkyl carbamates (subject to hydrolysis) is 1. The van der Waals surface area contributed by atoms with Crippen LogP contribution in [0.2, 0.25) is 0 Å². The molecule has 1 aromatic carbocycles. The number of amides is 1. The third kappa shape index (κ3) is 4.36. The zero-order valence-corrected chi connectivity index (χ0v) is 21.7. The standard InChI is InChI=1S/C27H30N2O6S/c1-27(2,3)35-26(33)28-19-6-5-7-20-21(19)18(13-36-20)15-10-11-16-22(24(15)34-4)29(14-8-9-14)12-17(23(16)30)25(31)32/h10-14,19H,5-9H2,1-4H3,(H,28,33)(H,31,32). The summed E-state index contributed by atoms with van der Waals surface area (Å²) in [4.78, 5) is 38.6. The predicted molar refractivity (Wildman–Crippen MR) is 138 cm³/mol. The van der Waals surface area contributed by atoms with E-state index in [2.05, 4.69) is 10.7 Å². The summed E-state index contributed by atoms with van der Waals surface area (Å²) in [6.07, 6.45) is 5.51. The fourth-order valence-electron chi connectivity index (χ4n) is 5.03. The van der Waals surface area contributed by atoms with Gasteiger partial charge in [0.05, 0.1) is 24.1 Å². The summed E-state index contributed by atoms with van der Waals surface area (Å²) >= 11 is 1.65. The first-order valence-electron chi connectivity index (χ1n) is 12.2. The molecule has 0 spiro atoms. The third-order valence-corrected chi connectivity index (χ3v) is 7.72. The highest BCUT2D eigenvalue weighted by Crippen LogP contribution is 2.47. The number of carboxylic acids is 1. The SMILES string of the molecule is COc1c(-c2csc3c2C(NC(=O)OC(C)(C)C)CCC3)ccc2c(=O)c(C(=O)O)cn(C3CC3)c12. The number of aromatic carboxylic acids is 1. The summed E-state index contributed by atoms with van der Waals surface area (Å²) in [6.45, 7) is 5.51. The second kappa shape index (κ2) is 8.96. The minimum Gasteiger partial charge on any atom is -0.494 e. The van der Waals surface area contributed by atoms with Crippen LogP contribution in [-0.4, -0.2) is 34.4 Å². The molecular formula is C27H30N2O6S. The number of carboxylic acid groups (broad SMARTS) is 1. The second-order valence-corrected chi connectivity index (χ2v) is 11.4. The number of nitrogens with zero attached hydrogens (tertiary/aromatic N) is 1. The molecular weight excluding hydrogens is 480 g/mol. The Morgan fingerprint density at radius 3 is 2.56 bits per heavy atom. The molecule has 5 rings (SSSR count). The van der Waals surface area contributed by atoms with Gasteiger partial charge in [0.25, 0.3) is 0 Å². The van der Waals surface area contributed by atoms with Crippen LogP contribution in [0.3, 0.4) is 0 Å².